The molecule has 0 aliphatic carbocycles. The van der Waals surface area contributed by atoms with E-state index in [4.69, 9.17) is 4.98 Å². The van der Waals surface area contributed by atoms with Crippen LogP contribution in [0.15, 0.2) is 255 Å². The van der Waals surface area contributed by atoms with Crippen molar-refractivity contribution in [2.45, 2.75) is 0 Å². The SMILES string of the molecule is c1ccc(N(c2ccc(-c3nc4ccccc4n3-c3ccccc3)cc2)c2ccc(-n3c4ccc(-c5cccc6ccccc56)cc4c4cc(-c5cccc6ccccc56)ccc43)cc2)cc1. The number of benzene rings is 11. The zero-order valence-corrected chi connectivity index (χ0v) is 36.5. The molecule has 0 unspecified atom stereocenters. The summed E-state index contributed by atoms with van der Waals surface area (Å²) in [5.74, 6) is 0.911. The van der Waals surface area contributed by atoms with E-state index in [1.807, 2.05) is 6.07 Å². The summed E-state index contributed by atoms with van der Waals surface area (Å²) in [5.41, 5.74) is 15.7. The van der Waals surface area contributed by atoms with Crippen LogP contribution in [-0.2, 0) is 0 Å². The van der Waals surface area contributed by atoms with E-state index in [0.29, 0.717) is 0 Å². The number of nitrogens with zero attached hydrogens (tertiary/aromatic N) is 4. The smallest absolute Gasteiger partial charge is 0.145 e. The van der Waals surface area contributed by atoms with Crippen LogP contribution in [0.5, 0.6) is 0 Å². The number of anilines is 3. The number of para-hydroxylation sites is 4. The molecule has 0 N–H and O–H groups in total. The molecule has 0 saturated heterocycles. The molecule has 0 bridgehead atoms. The van der Waals surface area contributed by atoms with Gasteiger partial charge in [-0.15, -0.1) is 0 Å². The number of aromatic nitrogens is 3. The van der Waals surface area contributed by atoms with E-state index in [9.17, 15) is 0 Å². The summed E-state index contributed by atoms with van der Waals surface area (Å²) in [6.07, 6.45) is 0. The highest BCUT2D eigenvalue weighted by molar-refractivity contribution is 6.13. The van der Waals surface area contributed by atoms with Crippen LogP contribution in [0, 0.1) is 0 Å². The molecule has 67 heavy (non-hydrogen) atoms. The summed E-state index contributed by atoms with van der Waals surface area (Å²) in [6, 6.07) is 91.8. The molecule has 11 aromatic carbocycles. The van der Waals surface area contributed by atoms with E-state index in [0.717, 1.165) is 50.9 Å². The van der Waals surface area contributed by atoms with Crippen LogP contribution < -0.4 is 4.90 Å². The highest BCUT2D eigenvalue weighted by Crippen LogP contribution is 2.42. The lowest BCUT2D eigenvalue weighted by Crippen LogP contribution is -2.10. The van der Waals surface area contributed by atoms with Crippen molar-refractivity contribution in [1.82, 2.24) is 14.1 Å². The van der Waals surface area contributed by atoms with Crippen LogP contribution in [0.4, 0.5) is 17.1 Å². The van der Waals surface area contributed by atoms with Crippen molar-refractivity contribution < 1.29 is 0 Å². The minimum Gasteiger partial charge on any atom is -0.311 e. The van der Waals surface area contributed by atoms with E-state index in [1.54, 1.807) is 0 Å². The number of fused-ring (bicyclic) bond motifs is 6. The minimum atomic E-state index is 0.911. The Morgan fingerprint density at radius 3 is 1.37 bits per heavy atom. The second-order valence-electron chi connectivity index (χ2n) is 17.2. The molecule has 4 heteroatoms. The van der Waals surface area contributed by atoms with E-state index in [1.165, 1.54) is 65.6 Å². The Labute approximate surface area is 388 Å². The third kappa shape index (κ3) is 6.57. The number of rotatable bonds is 8. The average molecular weight is 855 g/mol. The van der Waals surface area contributed by atoms with E-state index < -0.39 is 0 Å². The average Bonchev–Trinajstić information content (AvgIpc) is 3.95. The zero-order valence-electron chi connectivity index (χ0n) is 36.5. The first-order valence-corrected chi connectivity index (χ1v) is 22.9. The fraction of sp³-hybridized carbons (Fsp3) is 0. The van der Waals surface area contributed by atoms with Gasteiger partial charge < -0.3 is 9.47 Å². The predicted molar refractivity (Wildman–Crippen MR) is 281 cm³/mol. The van der Waals surface area contributed by atoms with Gasteiger partial charge in [0, 0.05) is 44.8 Å². The van der Waals surface area contributed by atoms with Gasteiger partial charge in [0.25, 0.3) is 0 Å². The standard InChI is InChI=1S/C63H42N4/c1-3-19-48(20-4-1)65(50-33-29-45(30-34-50)63-64-59-27-11-12-28-62(59)67(63)49-21-5-2-6-22-49)51-35-37-52(38-36-51)66-60-39-31-46(55-25-13-17-43-15-7-9-23-53(43)55)41-57(60)58-42-47(32-40-61(58)66)56-26-14-18-44-16-8-10-24-54(44)56/h1-42H. The van der Waals surface area contributed by atoms with Crippen molar-refractivity contribution in [2.75, 3.05) is 4.90 Å². The minimum absolute atomic E-state index is 0.911. The van der Waals surface area contributed by atoms with Crippen molar-refractivity contribution in [1.29, 1.82) is 0 Å². The fourth-order valence-corrected chi connectivity index (χ4v) is 10.2. The highest BCUT2D eigenvalue weighted by atomic mass is 15.1. The predicted octanol–water partition coefficient (Wildman–Crippen LogP) is 16.9. The zero-order chi connectivity index (χ0) is 44.3. The van der Waals surface area contributed by atoms with Crippen LogP contribution in [0.1, 0.15) is 0 Å². The lowest BCUT2D eigenvalue weighted by atomic mass is 9.95. The van der Waals surface area contributed by atoms with Gasteiger partial charge in [0.05, 0.1) is 22.1 Å². The third-order valence-corrected chi connectivity index (χ3v) is 13.3. The van der Waals surface area contributed by atoms with Crippen molar-refractivity contribution >= 4 is 71.4 Å². The normalized spacial score (nSPS) is 11.6. The molecule has 0 aliphatic rings. The first-order valence-electron chi connectivity index (χ1n) is 22.9. The van der Waals surface area contributed by atoms with Gasteiger partial charge in [0.1, 0.15) is 5.82 Å². The van der Waals surface area contributed by atoms with Crippen molar-refractivity contribution in [2.24, 2.45) is 0 Å². The Bertz CT molecular complexity index is 3810. The number of imidazole rings is 1. The largest absolute Gasteiger partial charge is 0.311 e. The summed E-state index contributed by atoms with van der Waals surface area (Å²) in [5, 5.41) is 7.43. The van der Waals surface area contributed by atoms with Gasteiger partial charge in [-0.2, -0.15) is 0 Å². The summed E-state index contributed by atoms with van der Waals surface area (Å²) in [4.78, 5) is 7.46. The van der Waals surface area contributed by atoms with E-state index in [2.05, 4.69) is 263 Å². The topological polar surface area (TPSA) is 26.0 Å². The van der Waals surface area contributed by atoms with Gasteiger partial charge in [-0.05, 0) is 153 Å². The van der Waals surface area contributed by atoms with Crippen LogP contribution in [0.3, 0.4) is 0 Å². The van der Waals surface area contributed by atoms with Crippen LogP contribution in [0.2, 0.25) is 0 Å². The molecule has 2 aromatic heterocycles. The van der Waals surface area contributed by atoms with Gasteiger partial charge >= 0.3 is 0 Å². The van der Waals surface area contributed by atoms with Crippen molar-refractivity contribution in [3.63, 3.8) is 0 Å². The van der Waals surface area contributed by atoms with Crippen LogP contribution >= 0.6 is 0 Å². The summed E-state index contributed by atoms with van der Waals surface area (Å²) in [7, 11) is 0. The molecule has 0 amide bonds. The van der Waals surface area contributed by atoms with Gasteiger partial charge in [-0.3, -0.25) is 4.57 Å². The molecule has 0 fully saturated rings. The molecule has 13 aromatic rings. The molecule has 314 valence electrons. The Morgan fingerprint density at radius 1 is 0.299 bits per heavy atom. The lowest BCUT2D eigenvalue weighted by Gasteiger charge is -2.26. The second-order valence-corrected chi connectivity index (χ2v) is 17.2. The molecule has 13 rings (SSSR count). The Kier molecular flexibility index (Phi) is 9.14. The van der Waals surface area contributed by atoms with E-state index >= 15 is 0 Å². The molecule has 0 aliphatic heterocycles. The van der Waals surface area contributed by atoms with Crippen LogP contribution in [0.25, 0.3) is 99.4 Å². The monoisotopic (exact) mass is 854 g/mol. The molecule has 4 nitrogen and oxygen atoms in total. The Hall–Kier alpha value is -8.99. The fourth-order valence-electron chi connectivity index (χ4n) is 10.2. The maximum atomic E-state index is 5.14. The van der Waals surface area contributed by atoms with Crippen molar-refractivity contribution in [3.05, 3.63) is 255 Å². The molecular weight excluding hydrogens is 813 g/mol. The Balaban J connectivity index is 0.932. The summed E-state index contributed by atoms with van der Waals surface area (Å²) >= 11 is 0. The van der Waals surface area contributed by atoms with Gasteiger partial charge in [-0.1, -0.05) is 146 Å². The summed E-state index contributed by atoms with van der Waals surface area (Å²) < 4.78 is 4.68. The number of hydrogen-bond acceptors (Lipinski definition) is 2. The molecule has 2 heterocycles. The lowest BCUT2D eigenvalue weighted by molar-refractivity contribution is 1.10. The third-order valence-electron chi connectivity index (χ3n) is 13.3. The number of hydrogen-bond donors (Lipinski definition) is 0. The van der Waals surface area contributed by atoms with Crippen molar-refractivity contribution in [3.8, 4) is 45.0 Å². The molecular formula is C63H42N4. The second kappa shape index (κ2) is 15.9. The van der Waals surface area contributed by atoms with Crippen LogP contribution in [-0.4, -0.2) is 14.1 Å². The van der Waals surface area contributed by atoms with E-state index in [-0.39, 0.29) is 0 Å². The van der Waals surface area contributed by atoms with Gasteiger partial charge in [-0.25, -0.2) is 4.98 Å². The molecule has 0 saturated carbocycles. The van der Waals surface area contributed by atoms with Gasteiger partial charge in [0.2, 0.25) is 0 Å². The first kappa shape index (κ1) is 38.5. The molecule has 0 atom stereocenters. The molecule has 0 radical (unpaired) electrons. The highest BCUT2D eigenvalue weighted by Gasteiger charge is 2.19. The maximum Gasteiger partial charge on any atom is 0.145 e. The Morgan fingerprint density at radius 2 is 0.761 bits per heavy atom. The molecule has 0 spiro atoms. The maximum absolute atomic E-state index is 5.14. The first-order chi connectivity index (χ1) is 33.2. The quantitative estimate of drug-likeness (QED) is 0.152. The summed E-state index contributed by atoms with van der Waals surface area (Å²) in [6.45, 7) is 0. The van der Waals surface area contributed by atoms with Gasteiger partial charge in [0.15, 0.2) is 0 Å².